The summed E-state index contributed by atoms with van der Waals surface area (Å²) in [7, 11) is 0. The number of nitrogens with zero attached hydrogens (tertiary/aromatic N) is 3. The summed E-state index contributed by atoms with van der Waals surface area (Å²) in [6.45, 7) is 5.04. The van der Waals surface area contributed by atoms with Crippen molar-refractivity contribution < 1.29 is 0 Å². The number of H-pyrrole nitrogens is 1. The molecule has 0 saturated carbocycles. The minimum Gasteiger partial charge on any atom is -0.369 e. The number of aryl methyl sites for hydroxylation is 3. The number of nitrogens with one attached hydrogen (secondary N) is 2. The second kappa shape index (κ2) is 5.58. The molecule has 2 N–H and O–H groups in total. The van der Waals surface area contributed by atoms with Crippen LogP contribution in [0.3, 0.4) is 0 Å². The topological polar surface area (TPSA) is 66.5 Å². The van der Waals surface area contributed by atoms with Gasteiger partial charge in [0.15, 0.2) is 0 Å². The number of hydrogen-bond donors (Lipinski definition) is 2. The van der Waals surface area contributed by atoms with E-state index < -0.39 is 0 Å². The zero-order chi connectivity index (χ0) is 13.9. The highest BCUT2D eigenvalue weighted by Gasteiger charge is 2.06. The maximum atomic E-state index is 4.34. The van der Waals surface area contributed by atoms with Crippen LogP contribution in [-0.4, -0.2) is 26.7 Å². The average Bonchev–Trinajstić information content (AvgIpc) is 3.00. The first kappa shape index (κ1) is 13.1. The van der Waals surface area contributed by atoms with Crippen molar-refractivity contribution in [3.05, 3.63) is 34.7 Å². The molecule has 20 heavy (non-hydrogen) atoms. The Balaban J connectivity index is 1.61. The van der Waals surface area contributed by atoms with Crippen molar-refractivity contribution in [1.29, 1.82) is 0 Å². The second-order valence-corrected chi connectivity index (χ2v) is 6.08. The number of fused-ring (bicyclic) bond motifs is 1. The number of thiophene rings is 1. The fourth-order valence-electron chi connectivity index (χ4n) is 2.23. The van der Waals surface area contributed by atoms with Crippen LogP contribution in [0, 0.1) is 13.8 Å². The molecule has 0 radical (unpaired) electrons. The van der Waals surface area contributed by atoms with Crippen LogP contribution in [0.25, 0.3) is 10.2 Å². The number of hydrogen-bond acceptors (Lipinski definition) is 5. The van der Waals surface area contributed by atoms with E-state index in [1.165, 1.54) is 10.4 Å². The standard InChI is InChI=1S/C14H17N5S/c1-9-6-12-13(16-8-17-14(12)20-9)15-5-3-4-11-7-18-19-10(11)2/h6-8H,3-5H2,1-2H3,(H,18,19)(H,15,16,17). The van der Waals surface area contributed by atoms with E-state index in [0.717, 1.165) is 41.1 Å². The molecule has 0 aromatic carbocycles. The summed E-state index contributed by atoms with van der Waals surface area (Å²) in [6, 6.07) is 2.14. The largest absolute Gasteiger partial charge is 0.369 e. The third-order valence-corrected chi connectivity index (χ3v) is 4.26. The number of anilines is 1. The monoisotopic (exact) mass is 287 g/mol. The normalized spacial score (nSPS) is 11.1. The fourth-order valence-corrected chi connectivity index (χ4v) is 3.08. The van der Waals surface area contributed by atoms with Gasteiger partial charge < -0.3 is 5.32 Å². The lowest BCUT2D eigenvalue weighted by Crippen LogP contribution is -2.05. The molecule has 0 amide bonds. The predicted molar refractivity (Wildman–Crippen MR) is 82.3 cm³/mol. The minimum atomic E-state index is 0.894. The van der Waals surface area contributed by atoms with E-state index in [0.29, 0.717) is 0 Å². The molecule has 3 rings (SSSR count). The van der Waals surface area contributed by atoms with Crippen LogP contribution in [0.4, 0.5) is 5.82 Å². The Morgan fingerprint density at radius 1 is 1.30 bits per heavy atom. The van der Waals surface area contributed by atoms with Gasteiger partial charge in [0.1, 0.15) is 17.0 Å². The molecule has 5 nitrogen and oxygen atoms in total. The average molecular weight is 287 g/mol. The van der Waals surface area contributed by atoms with Crippen molar-refractivity contribution in [1.82, 2.24) is 20.2 Å². The highest BCUT2D eigenvalue weighted by atomic mass is 32.1. The first-order valence-corrected chi connectivity index (χ1v) is 7.49. The van der Waals surface area contributed by atoms with Crippen LogP contribution in [0.1, 0.15) is 22.6 Å². The lowest BCUT2D eigenvalue weighted by Gasteiger charge is -2.06. The molecule has 104 valence electrons. The lowest BCUT2D eigenvalue weighted by molar-refractivity contribution is 0.854. The Bertz CT molecular complexity index is 715. The van der Waals surface area contributed by atoms with Crippen molar-refractivity contribution in [3.8, 4) is 0 Å². The summed E-state index contributed by atoms with van der Waals surface area (Å²) in [5, 5.41) is 11.5. The van der Waals surface area contributed by atoms with E-state index in [1.807, 2.05) is 6.20 Å². The van der Waals surface area contributed by atoms with Gasteiger partial charge in [-0.15, -0.1) is 11.3 Å². The van der Waals surface area contributed by atoms with Gasteiger partial charge in [0.2, 0.25) is 0 Å². The highest BCUT2D eigenvalue weighted by Crippen LogP contribution is 2.27. The fraction of sp³-hybridized carbons (Fsp3) is 0.357. The van der Waals surface area contributed by atoms with Crippen LogP contribution in [-0.2, 0) is 6.42 Å². The molecule has 3 aromatic heterocycles. The lowest BCUT2D eigenvalue weighted by atomic mass is 10.1. The third kappa shape index (κ3) is 2.65. The molecule has 0 aliphatic carbocycles. The second-order valence-electron chi connectivity index (χ2n) is 4.85. The van der Waals surface area contributed by atoms with Gasteiger partial charge in [-0.2, -0.15) is 5.10 Å². The molecule has 0 bridgehead atoms. The van der Waals surface area contributed by atoms with Gasteiger partial charge in [0.25, 0.3) is 0 Å². The van der Waals surface area contributed by atoms with Crippen molar-refractivity contribution in [2.75, 3.05) is 11.9 Å². The van der Waals surface area contributed by atoms with Gasteiger partial charge in [0.05, 0.1) is 11.6 Å². The quantitative estimate of drug-likeness (QED) is 0.708. The smallest absolute Gasteiger partial charge is 0.138 e. The minimum absolute atomic E-state index is 0.894. The number of aromatic amines is 1. The van der Waals surface area contributed by atoms with E-state index in [2.05, 4.69) is 45.4 Å². The van der Waals surface area contributed by atoms with E-state index in [1.54, 1.807) is 17.7 Å². The maximum absolute atomic E-state index is 4.34. The molecule has 0 unspecified atom stereocenters. The van der Waals surface area contributed by atoms with Crippen LogP contribution in [0.2, 0.25) is 0 Å². The molecule has 3 aromatic rings. The Hall–Kier alpha value is -1.95. The Kier molecular flexibility index (Phi) is 3.64. The van der Waals surface area contributed by atoms with Gasteiger partial charge >= 0.3 is 0 Å². The maximum Gasteiger partial charge on any atom is 0.138 e. The van der Waals surface area contributed by atoms with Gasteiger partial charge in [-0.25, -0.2) is 9.97 Å². The van der Waals surface area contributed by atoms with Crippen molar-refractivity contribution in [3.63, 3.8) is 0 Å². The van der Waals surface area contributed by atoms with Crippen molar-refractivity contribution >= 4 is 27.4 Å². The Labute approximate surface area is 121 Å². The van der Waals surface area contributed by atoms with Crippen molar-refractivity contribution in [2.45, 2.75) is 26.7 Å². The first-order valence-electron chi connectivity index (χ1n) is 6.68. The molecule has 0 aliphatic rings. The van der Waals surface area contributed by atoms with Crippen LogP contribution < -0.4 is 5.32 Å². The molecule has 0 spiro atoms. The zero-order valence-corrected chi connectivity index (χ0v) is 12.4. The van der Waals surface area contributed by atoms with E-state index in [-0.39, 0.29) is 0 Å². The first-order chi connectivity index (χ1) is 9.74. The summed E-state index contributed by atoms with van der Waals surface area (Å²) >= 11 is 1.70. The number of rotatable bonds is 5. The summed E-state index contributed by atoms with van der Waals surface area (Å²) in [4.78, 5) is 10.9. The van der Waals surface area contributed by atoms with Crippen LogP contribution in [0.15, 0.2) is 18.6 Å². The highest BCUT2D eigenvalue weighted by molar-refractivity contribution is 7.18. The summed E-state index contributed by atoms with van der Waals surface area (Å²) < 4.78 is 0. The predicted octanol–water partition coefficient (Wildman–Crippen LogP) is 3.08. The van der Waals surface area contributed by atoms with E-state index in [9.17, 15) is 0 Å². The summed E-state index contributed by atoms with van der Waals surface area (Å²) in [6.07, 6.45) is 5.60. The SMILES string of the molecule is Cc1cc2c(NCCCc3cn[nH]c3C)ncnc2s1. The molecular weight excluding hydrogens is 270 g/mol. The number of aromatic nitrogens is 4. The molecule has 0 saturated heterocycles. The zero-order valence-electron chi connectivity index (χ0n) is 11.6. The van der Waals surface area contributed by atoms with Crippen molar-refractivity contribution in [2.24, 2.45) is 0 Å². The molecule has 0 atom stereocenters. The third-order valence-electron chi connectivity index (χ3n) is 3.30. The molecule has 3 heterocycles. The van der Waals surface area contributed by atoms with Crippen LogP contribution in [0.5, 0.6) is 0 Å². The molecular formula is C14H17N5S. The Morgan fingerprint density at radius 3 is 3.00 bits per heavy atom. The van der Waals surface area contributed by atoms with Crippen LogP contribution >= 0.6 is 11.3 Å². The van der Waals surface area contributed by atoms with E-state index in [4.69, 9.17) is 0 Å². The summed E-state index contributed by atoms with van der Waals surface area (Å²) in [5.74, 6) is 0.934. The Morgan fingerprint density at radius 2 is 2.20 bits per heavy atom. The van der Waals surface area contributed by atoms with Gasteiger partial charge in [-0.3, -0.25) is 5.10 Å². The van der Waals surface area contributed by atoms with Gasteiger partial charge in [0, 0.05) is 17.1 Å². The molecule has 6 heteroatoms. The summed E-state index contributed by atoms with van der Waals surface area (Å²) in [5.41, 5.74) is 2.44. The van der Waals surface area contributed by atoms with E-state index >= 15 is 0 Å². The van der Waals surface area contributed by atoms with Gasteiger partial charge in [-0.1, -0.05) is 0 Å². The van der Waals surface area contributed by atoms with Gasteiger partial charge in [-0.05, 0) is 38.3 Å². The molecule has 0 aliphatic heterocycles. The molecule has 0 fully saturated rings.